The van der Waals surface area contributed by atoms with Gasteiger partial charge in [-0.2, -0.15) is 0 Å². The summed E-state index contributed by atoms with van der Waals surface area (Å²) in [6, 6.07) is 0.334. The SMILES string of the molecule is Cc1c(N)cnc(N2CCC3NC(=O)CCC3C2)c1Br. The van der Waals surface area contributed by atoms with Crippen LogP contribution in [0.4, 0.5) is 11.5 Å². The number of amides is 1. The van der Waals surface area contributed by atoms with E-state index in [0.29, 0.717) is 24.1 Å². The highest BCUT2D eigenvalue weighted by atomic mass is 79.9. The molecule has 0 saturated carbocycles. The Morgan fingerprint density at radius 2 is 2.30 bits per heavy atom. The molecule has 1 aromatic rings. The number of nitrogens with one attached hydrogen (secondary N) is 1. The van der Waals surface area contributed by atoms with Crippen LogP contribution in [0.3, 0.4) is 0 Å². The highest BCUT2D eigenvalue weighted by Crippen LogP contribution is 2.34. The zero-order valence-corrected chi connectivity index (χ0v) is 13.1. The Balaban J connectivity index is 1.80. The maximum Gasteiger partial charge on any atom is 0.220 e. The topological polar surface area (TPSA) is 71.2 Å². The van der Waals surface area contributed by atoms with E-state index in [1.54, 1.807) is 6.20 Å². The Morgan fingerprint density at radius 1 is 1.50 bits per heavy atom. The summed E-state index contributed by atoms with van der Waals surface area (Å²) in [4.78, 5) is 18.2. The molecule has 1 amide bonds. The largest absolute Gasteiger partial charge is 0.397 e. The fraction of sp³-hybridized carbons (Fsp3) is 0.571. The zero-order valence-electron chi connectivity index (χ0n) is 11.5. The zero-order chi connectivity index (χ0) is 14.3. The molecule has 5 nitrogen and oxygen atoms in total. The van der Waals surface area contributed by atoms with Crippen molar-refractivity contribution in [3.05, 3.63) is 16.2 Å². The van der Waals surface area contributed by atoms with E-state index >= 15 is 0 Å². The van der Waals surface area contributed by atoms with Crippen LogP contribution in [-0.4, -0.2) is 30.0 Å². The van der Waals surface area contributed by atoms with E-state index in [-0.39, 0.29) is 5.91 Å². The molecule has 6 heteroatoms. The summed E-state index contributed by atoms with van der Waals surface area (Å²) in [6.07, 6.45) is 4.32. The predicted octanol–water partition coefficient (Wildman–Crippen LogP) is 1.84. The highest BCUT2D eigenvalue weighted by Gasteiger charge is 2.34. The number of piperidine rings is 2. The Hall–Kier alpha value is -1.30. The molecule has 3 N–H and O–H groups in total. The first-order valence-corrected chi connectivity index (χ1v) is 7.80. The second-order valence-corrected chi connectivity index (χ2v) is 6.48. The van der Waals surface area contributed by atoms with Crippen molar-refractivity contribution in [2.75, 3.05) is 23.7 Å². The average molecular weight is 339 g/mol. The molecule has 0 bridgehead atoms. The summed E-state index contributed by atoms with van der Waals surface area (Å²) in [6.45, 7) is 3.86. The second kappa shape index (κ2) is 5.24. The molecule has 0 aromatic carbocycles. The Labute approximate surface area is 127 Å². The van der Waals surface area contributed by atoms with E-state index in [1.807, 2.05) is 6.92 Å². The number of aromatic nitrogens is 1. The maximum absolute atomic E-state index is 11.4. The third kappa shape index (κ3) is 2.37. The number of fused-ring (bicyclic) bond motifs is 1. The molecule has 2 saturated heterocycles. The fourth-order valence-corrected chi connectivity index (χ4v) is 3.68. The first-order valence-electron chi connectivity index (χ1n) is 7.01. The number of hydrogen-bond donors (Lipinski definition) is 2. The molecular weight excluding hydrogens is 320 g/mol. The molecule has 1 aromatic heterocycles. The standard InChI is InChI=1S/C14H19BrN4O/c1-8-10(16)6-17-14(13(8)15)19-5-4-11-9(7-19)2-3-12(20)18-11/h6,9,11H,2-5,7,16H2,1H3,(H,18,20). The van der Waals surface area contributed by atoms with Crippen molar-refractivity contribution in [3.8, 4) is 0 Å². The number of anilines is 2. The van der Waals surface area contributed by atoms with Gasteiger partial charge in [0.2, 0.25) is 5.91 Å². The smallest absolute Gasteiger partial charge is 0.220 e. The Morgan fingerprint density at radius 3 is 3.10 bits per heavy atom. The number of carbonyl (C=O) groups excluding carboxylic acids is 1. The van der Waals surface area contributed by atoms with Crippen molar-refractivity contribution in [2.45, 2.75) is 32.2 Å². The molecule has 2 unspecified atom stereocenters. The van der Waals surface area contributed by atoms with E-state index < -0.39 is 0 Å². The fourth-order valence-electron chi connectivity index (χ4n) is 3.10. The molecule has 2 atom stereocenters. The molecule has 20 heavy (non-hydrogen) atoms. The lowest BCUT2D eigenvalue weighted by Gasteiger charge is -2.42. The Kier molecular flexibility index (Phi) is 3.58. The monoisotopic (exact) mass is 338 g/mol. The molecule has 3 heterocycles. The van der Waals surface area contributed by atoms with Gasteiger partial charge in [0.25, 0.3) is 0 Å². The first kappa shape index (κ1) is 13.7. The van der Waals surface area contributed by atoms with Crippen LogP contribution >= 0.6 is 15.9 Å². The minimum atomic E-state index is 0.197. The van der Waals surface area contributed by atoms with E-state index in [4.69, 9.17) is 5.73 Å². The normalized spacial score (nSPS) is 26.1. The van der Waals surface area contributed by atoms with Gasteiger partial charge in [-0.1, -0.05) is 0 Å². The van der Waals surface area contributed by atoms with Crippen molar-refractivity contribution in [1.82, 2.24) is 10.3 Å². The number of nitrogen functional groups attached to an aromatic ring is 1. The number of nitrogens with zero attached hydrogens (tertiary/aromatic N) is 2. The number of nitrogens with two attached hydrogens (primary N) is 1. The predicted molar refractivity (Wildman–Crippen MR) is 82.6 cm³/mol. The average Bonchev–Trinajstić information content (AvgIpc) is 2.44. The van der Waals surface area contributed by atoms with Crippen LogP contribution in [0.2, 0.25) is 0 Å². The summed E-state index contributed by atoms with van der Waals surface area (Å²) in [5.74, 6) is 1.68. The van der Waals surface area contributed by atoms with Gasteiger partial charge >= 0.3 is 0 Å². The third-order valence-electron chi connectivity index (χ3n) is 4.41. The van der Waals surface area contributed by atoms with Crippen molar-refractivity contribution in [1.29, 1.82) is 0 Å². The van der Waals surface area contributed by atoms with Gasteiger partial charge in [-0.05, 0) is 47.2 Å². The molecule has 0 spiro atoms. The summed E-state index contributed by atoms with van der Waals surface area (Å²) in [5, 5.41) is 3.11. The molecule has 0 aliphatic carbocycles. The molecule has 2 aliphatic rings. The summed E-state index contributed by atoms with van der Waals surface area (Å²) < 4.78 is 0.982. The van der Waals surface area contributed by atoms with E-state index in [9.17, 15) is 4.79 Å². The molecule has 2 aliphatic heterocycles. The van der Waals surface area contributed by atoms with Crippen LogP contribution in [0.5, 0.6) is 0 Å². The third-order valence-corrected chi connectivity index (χ3v) is 5.36. The molecule has 0 radical (unpaired) electrons. The molecular formula is C14H19BrN4O. The van der Waals surface area contributed by atoms with Gasteiger partial charge in [0, 0.05) is 25.6 Å². The minimum Gasteiger partial charge on any atom is -0.397 e. The van der Waals surface area contributed by atoms with Gasteiger partial charge in [0.05, 0.1) is 16.4 Å². The van der Waals surface area contributed by atoms with Gasteiger partial charge in [-0.15, -0.1) is 0 Å². The quantitative estimate of drug-likeness (QED) is 0.819. The number of pyridine rings is 1. The van der Waals surface area contributed by atoms with Gasteiger partial charge in [-0.25, -0.2) is 4.98 Å². The lowest BCUT2D eigenvalue weighted by atomic mass is 9.85. The van der Waals surface area contributed by atoms with Crippen LogP contribution in [-0.2, 0) is 4.79 Å². The van der Waals surface area contributed by atoms with Crippen LogP contribution in [0.25, 0.3) is 0 Å². The van der Waals surface area contributed by atoms with E-state index in [0.717, 1.165) is 41.8 Å². The van der Waals surface area contributed by atoms with Gasteiger partial charge < -0.3 is 16.0 Å². The number of rotatable bonds is 1. The summed E-state index contributed by atoms with van der Waals surface area (Å²) >= 11 is 3.61. The van der Waals surface area contributed by atoms with Crippen LogP contribution in [0.15, 0.2) is 10.7 Å². The Bertz CT molecular complexity index is 548. The number of carbonyl (C=O) groups is 1. The molecule has 3 rings (SSSR count). The summed E-state index contributed by atoms with van der Waals surface area (Å²) in [7, 11) is 0. The van der Waals surface area contributed by atoms with Crippen LogP contribution in [0.1, 0.15) is 24.8 Å². The number of hydrogen-bond acceptors (Lipinski definition) is 4. The van der Waals surface area contributed by atoms with Crippen LogP contribution < -0.4 is 16.0 Å². The maximum atomic E-state index is 11.4. The molecule has 108 valence electrons. The lowest BCUT2D eigenvalue weighted by Crippen LogP contribution is -2.54. The minimum absolute atomic E-state index is 0.197. The van der Waals surface area contributed by atoms with Gasteiger partial charge in [0.1, 0.15) is 5.82 Å². The van der Waals surface area contributed by atoms with E-state index in [2.05, 4.69) is 31.1 Å². The summed E-state index contributed by atoms with van der Waals surface area (Å²) in [5.41, 5.74) is 7.63. The van der Waals surface area contributed by atoms with Gasteiger partial charge in [0.15, 0.2) is 0 Å². The van der Waals surface area contributed by atoms with E-state index in [1.165, 1.54) is 0 Å². The van der Waals surface area contributed by atoms with Gasteiger partial charge in [-0.3, -0.25) is 4.79 Å². The van der Waals surface area contributed by atoms with Crippen molar-refractivity contribution < 1.29 is 4.79 Å². The number of halogens is 1. The van der Waals surface area contributed by atoms with Crippen molar-refractivity contribution >= 4 is 33.3 Å². The van der Waals surface area contributed by atoms with Crippen molar-refractivity contribution in [2.24, 2.45) is 5.92 Å². The first-order chi connectivity index (χ1) is 9.56. The lowest BCUT2D eigenvalue weighted by molar-refractivity contribution is -0.124. The molecule has 2 fully saturated rings. The van der Waals surface area contributed by atoms with Crippen molar-refractivity contribution in [3.63, 3.8) is 0 Å². The second-order valence-electron chi connectivity index (χ2n) is 5.68. The van der Waals surface area contributed by atoms with Crippen LogP contribution in [0, 0.1) is 12.8 Å². The highest BCUT2D eigenvalue weighted by molar-refractivity contribution is 9.10.